The van der Waals surface area contributed by atoms with Gasteiger partial charge in [-0.25, -0.2) is 4.79 Å². The molecule has 0 spiro atoms. The molecule has 0 saturated carbocycles. The number of hydrogen-bond acceptors (Lipinski definition) is 4. The lowest BCUT2D eigenvalue weighted by molar-refractivity contribution is -0.137. The van der Waals surface area contributed by atoms with Crippen LogP contribution in [0.25, 0.3) is 0 Å². The molecule has 0 bridgehead atoms. The van der Waals surface area contributed by atoms with Gasteiger partial charge in [-0.1, -0.05) is 0 Å². The SMILES string of the molecule is Cn1c(O)c(C(=O)Nc2ccc(C(F)(F)F)cc2)c(=O)n(C)c1=O. The number of nitrogens with zero attached hydrogens (tertiary/aromatic N) is 2. The van der Waals surface area contributed by atoms with Gasteiger partial charge in [-0.3, -0.25) is 18.7 Å². The minimum atomic E-state index is -4.52. The van der Waals surface area contributed by atoms with E-state index in [0.717, 1.165) is 38.4 Å². The number of anilines is 1. The molecule has 1 aromatic carbocycles. The van der Waals surface area contributed by atoms with Crippen molar-refractivity contribution < 1.29 is 23.1 Å². The summed E-state index contributed by atoms with van der Waals surface area (Å²) in [4.78, 5) is 35.7. The highest BCUT2D eigenvalue weighted by Crippen LogP contribution is 2.29. The monoisotopic (exact) mass is 343 g/mol. The van der Waals surface area contributed by atoms with E-state index in [-0.39, 0.29) is 5.69 Å². The van der Waals surface area contributed by atoms with Gasteiger partial charge in [0.05, 0.1) is 5.56 Å². The summed E-state index contributed by atoms with van der Waals surface area (Å²) >= 11 is 0. The van der Waals surface area contributed by atoms with Gasteiger partial charge in [0, 0.05) is 19.8 Å². The van der Waals surface area contributed by atoms with Crippen LogP contribution < -0.4 is 16.6 Å². The number of aromatic nitrogens is 2. The molecule has 0 fully saturated rings. The highest BCUT2D eigenvalue weighted by atomic mass is 19.4. The minimum Gasteiger partial charge on any atom is -0.494 e. The van der Waals surface area contributed by atoms with Crippen LogP contribution in [0.4, 0.5) is 18.9 Å². The number of halogens is 3. The number of carbonyl (C=O) groups is 1. The smallest absolute Gasteiger partial charge is 0.416 e. The first kappa shape index (κ1) is 17.3. The third-order valence-corrected chi connectivity index (χ3v) is 3.33. The number of carbonyl (C=O) groups excluding carboxylic acids is 1. The van der Waals surface area contributed by atoms with E-state index in [1.54, 1.807) is 0 Å². The Kier molecular flexibility index (Phi) is 4.24. The van der Waals surface area contributed by atoms with Crippen molar-refractivity contribution in [3.8, 4) is 5.88 Å². The fourth-order valence-electron chi connectivity index (χ4n) is 1.97. The van der Waals surface area contributed by atoms with Crippen LogP contribution in [-0.2, 0) is 20.3 Å². The molecule has 0 aliphatic rings. The van der Waals surface area contributed by atoms with Crippen molar-refractivity contribution in [2.24, 2.45) is 14.1 Å². The molecule has 0 aliphatic heterocycles. The molecule has 2 N–H and O–H groups in total. The van der Waals surface area contributed by atoms with Gasteiger partial charge < -0.3 is 10.4 Å². The van der Waals surface area contributed by atoms with Crippen LogP contribution in [0, 0.1) is 0 Å². The normalized spacial score (nSPS) is 11.4. The zero-order chi connectivity index (χ0) is 18.2. The van der Waals surface area contributed by atoms with Crippen LogP contribution in [0.2, 0.25) is 0 Å². The standard InChI is InChI=1S/C14H12F3N3O4/c1-19-11(22)9(12(23)20(2)13(19)24)10(21)18-8-5-3-7(4-6-8)14(15,16)17/h3-6,22H,1-2H3,(H,18,21). The third-order valence-electron chi connectivity index (χ3n) is 3.33. The molecule has 1 heterocycles. The van der Waals surface area contributed by atoms with E-state index in [9.17, 15) is 32.7 Å². The average Bonchev–Trinajstić information content (AvgIpc) is 2.51. The molecule has 2 rings (SSSR count). The van der Waals surface area contributed by atoms with Gasteiger partial charge in [0.2, 0.25) is 5.88 Å². The molecule has 7 nitrogen and oxygen atoms in total. The first-order valence-electron chi connectivity index (χ1n) is 6.51. The molecule has 24 heavy (non-hydrogen) atoms. The van der Waals surface area contributed by atoms with Crippen molar-refractivity contribution in [3.63, 3.8) is 0 Å². The summed E-state index contributed by atoms with van der Waals surface area (Å²) in [5, 5.41) is 12.0. The second kappa shape index (κ2) is 5.87. The van der Waals surface area contributed by atoms with Crippen molar-refractivity contribution in [3.05, 3.63) is 56.2 Å². The van der Waals surface area contributed by atoms with Gasteiger partial charge in [-0.2, -0.15) is 13.2 Å². The zero-order valence-corrected chi connectivity index (χ0v) is 12.5. The van der Waals surface area contributed by atoms with Crippen molar-refractivity contribution in [1.29, 1.82) is 0 Å². The summed E-state index contributed by atoms with van der Waals surface area (Å²) < 4.78 is 38.8. The quantitative estimate of drug-likeness (QED) is 0.853. The Balaban J connectivity index is 2.38. The predicted octanol–water partition coefficient (Wildman–Crippen LogP) is 1.06. The largest absolute Gasteiger partial charge is 0.494 e. The summed E-state index contributed by atoms with van der Waals surface area (Å²) in [5.74, 6) is -1.89. The highest BCUT2D eigenvalue weighted by molar-refractivity contribution is 6.05. The van der Waals surface area contributed by atoms with E-state index < -0.39 is 40.3 Å². The maximum Gasteiger partial charge on any atom is 0.416 e. The highest BCUT2D eigenvalue weighted by Gasteiger charge is 2.30. The molecule has 128 valence electrons. The molecular formula is C14H12F3N3O4. The van der Waals surface area contributed by atoms with Crippen molar-refractivity contribution >= 4 is 11.6 Å². The number of aromatic hydroxyl groups is 1. The lowest BCUT2D eigenvalue weighted by Gasteiger charge is -2.11. The molecule has 2 aromatic rings. The molecule has 1 amide bonds. The molecule has 1 aromatic heterocycles. The Bertz CT molecular complexity index is 911. The molecular weight excluding hydrogens is 331 g/mol. The molecule has 10 heteroatoms. The number of amides is 1. The first-order chi connectivity index (χ1) is 11.0. The van der Waals surface area contributed by atoms with Crippen LogP contribution in [0.3, 0.4) is 0 Å². The lowest BCUT2D eigenvalue weighted by atomic mass is 10.2. The van der Waals surface area contributed by atoms with Crippen LogP contribution in [-0.4, -0.2) is 20.1 Å². The fraction of sp³-hybridized carbons (Fsp3) is 0.214. The number of nitrogens with one attached hydrogen (secondary N) is 1. The van der Waals surface area contributed by atoms with Gasteiger partial charge in [0.25, 0.3) is 11.5 Å². The van der Waals surface area contributed by atoms with Crippen LogP contribution in [0.1, 0.15) is 15.9 Å². The van der Waals surface area contributed by atoms with Gasteiger partial charge >= 0.3 is 11.9 Å². The lowest BCUT2D eigenvalue weighted by Crippen LogP contribution is -2.40. The van der Waals surface area contributed by atoms with E-state index in [1.807, 2.05) is 0 Å². The van der Waals surface area contributed by atoms with Crippen LogP contribution in [0.15, 0.2) is 33.9 Å². The Labute approximate surface area is 132 Å². The van der Waals surface area contributed by atoms with E-state index in [1.165, 1.54) is 0 Å². The minimum absolute atomic E-state index is 0.0108. The molecule has 0 radical (unpaired) electrons. The second-order valence-electron chi connectivity index (χ2n) is 4.93. The maximum atomic E-state index is 12.5. The Morgan fingerprint density at radius 1 is 1.08 bits per heavy atom. The van der Waals surface area contributed by atoms with Gasteiger partial charge in [0.1, 0.15) is 0 Å². The molecule has 0 saturated heterocycles. The average molecular weight is 343 g/mol. The van der Waals surface area contributed by atoms with E-state index >= 15 is 0 Å². The van der Waals surface area contributed by atoms with Crippen LogP contribution in [0.5, 0.6) is 5.88 Å². The number of hydrogen-bond donors (Lipinski definition) is 2. The van der Waals surface area contributed by atoms with E-state index in [0.29, 0.717) is 9.13 Å². The topological polar surface area (TPSA) is 93.3 Å². The Morgan fingerprint density at radius 3 is 2.12 bits per heavy atom. The Morgan fingerprint density at radius 2 is 1.62 bits per heavy atom. The third kappa shape index (κ3) is 3.03. The summed E-state index contributed by atoms with van der Waals surface area (Å²) in [6, 6.07) is 3.52. The second-order valence-corrected chi connectivity index (χ2v) is 4.93. The van der Waals surface area contributed by atoms with Gasteiger partial charge in [0.15, 0.2) is 5.56 Å². The summed E-state index contributed by atoms with van der Waals surface area (Å²) in [6.45, 7) is 0. The van der Waals surface area contributed by atoms with Gasteiger partial charge in [-0.15, -0.1) is 0 Å². The maximum absolute atomic E-state index is 12.5. The Hall–Kier alpha value is -3.04. The number of alkyl halides is 3. The van der Waals surface area contributed by atoms with Crippen molar-refractivity contribution in [2.75, 3.05) is 5.32 Å². The predicted molar refractivity (Wildman–Crippen MR) is 78.0 cm³/mol. The van der Waals surface area contributed by atoms with E-state index in [2.05, 4.69) is 5.32 Å². The van der Waals surface area contributed by atoms with E-state index in [4.69, 9.17) is 0 Å². The van der Waals surface area contributed by atoms with Crippen molar-refractivity contribution in [1.82, 2.24) is 9.13 Å². The number of benzene rings is 1. The molecule has 0 aliphatic carbocycles. The zero-order valence-electron chi connectivity index (χ0n) is 12.5. The van der Waals surface area contributed by atoms with Crippen LogP contribution >= 0.6 is 0 Å². The fourth-order valence-corrected chi connectivity index (χ4v) is 1.97. The summed E-state index contributed by atoms with van der Waals surface area (Å²) in [7, 11) is 2.28. The number of rotatable bonds is 2. The first-order valence-corrected chi connectivity index (χ1v) is 6.51. The summed E-state index contributed by atoms with van der Waals surface area (Å²) in [6.07, 6.45) is -4.52. The van der Waals surface area contributed by atoms with Crippen molar-refractivity contribution in [2.45, 2.75) is 6.18 Å². The molecule has 0 atom stereocenters. The van der Waals surface area contributed by atoms with Gasteiger partial charge in [-0.05, 0) is 24.3 Å². The molecule has 0 unspecified atom stereocenters. The summed E-state index contributed by atoms with van der Waals surface area (Å²) in [5.41, 5.74) is -3.47.